The van der Waals surface area contributed by atoms with Crippen LogP contribution in [0, 0.1) is 5.92 Å². The second-order valence-electron chi connectivity index (χ2n) is 5.17. The molecule has 0 radical (unpaired) electrons. The fourth-order valence-corrected chi connectivity index (χ4v) is 2.49. The van der Waals surface area contributed by atoms with Gasteiger partial charge >= 0.3 is 0 Å². The molecule has 1 aromatic rings. The van der Waals surface area contributed by atoms with Crippen molar-refractivity contribution in [2.45, 2.75) is 59.0 Å². The molecule has 3 nitrogen and oxygen atoms in total. The van der Waals surface area contributed by atoms with Crippen LogP contribution in [0.4, 0.5) is 0 Å². The van der Waals surface area contributed by atoms with Crippen molar-refractivity contribution in [2.75, 3.05) is 6.54 Å². The van der Waals surface area contributed by atoms with Crippen molar-refractivity contribution in [1.29, 1.82) is 0 Å². The third-order valence-corrected chi connectivity index (χ3v) is 3.75. The molecule has 3 heteroatoms. The molecule has 1 aliphatic rings. The maximum absolute atomic E-state index is 4.60. The van der Waals surface area contributed by atoms with E-state index in [1.54, 1.807) is 0 Å². The van der Waals surface area contributed by atoms with Crippen molar-refractivity contribution in [3.8, 4) is 0 Å². The maximum Gasteiger partial charge on any atom is 0.0537 e. The zero-order valence-electron chi connectivity index (χ0n) is 11.4. The van der Waals surface area contributed by atoms with E-state index in [-0.39, 0.29) is 0 Å². The molecule has 1 unspecified atom stereocenters. The van der Waals surface area contributed by atoms with Gasteiger partial charge < -0.3 is 5.32 Å². The van der Waals surface area contributed by atoms with Crippen LogP contribution in [-0.4, -0.2) is 16.3 Å². The number of aromatic nitrogens is 2. The van der Waals surface area contributed by atoms with Gasteiger partial charge in [-0.25, -0.2) is 0 Å². The number of hydrogen-bond donors (Lipinski definition) is 1. The normalized spacial score (nSPS) is 17.4. The minimum Gasteiger partial charge on any atom is -0.313 e. The molecule has 0 amide bonds. The highest BCUT2D eigenvalue weighted by Crippen LogP contribution is 2.39. The summed E-state index contributed by atoms with van der Waals surface area (Å²) in [5.41, 5.74) is 2.81. The Kier molecular flexibility index (Phi) is 4.21. The van der Waals surface area contributed by atoms with Gasteiger partial charge in [-0.1, -0.05) is 13.8 Å². The van der Waals surface area contributed by atoms with Gasteiger partial charge in [-0.15, -0.1) is 0 Å². The highest BCUT2D eigenvalue weighted by atomic mass is 15.3. The molecule has 96 valence electrons. The first kappa shape index (κ1) is 12.6. The first-order valence-electron chi connectivity index (χ1n) is 7.03. The van der Waals surface area contributed by atoms with Gasteiger partial charge in [0.15, 0.2) is 0 Å². The number of nitrogens with one attached hydrogen (secondary N) is 1. The third kappa shape index (κ3) is 2.89. The molecule has 1 aromatic heterocycles. The fourth-order valence-electron chi connectivity index (χ4n) is 2.49. The Morgan fingerprint density at radius 1 is 1.47 bits per heavy atom. The van der Waals surface area contributed by atoms with Gasteiger partial charge in [0.05, 0.1) is 12.2 Å². The van der Waals surface area contributed by atoms with Crippen LogP contribution in [0.3, 0.4) is 0 Å². The summed E-state index contributed by atoms with van der Waals surface area (Å²) in [5.74, 6) is 0.872. The molecule has 1 fully saturated rings. The van der Waals surface area contributed by atoms with E-state index in [2.05, 4.69) is 42.1 Å². The third-order valence-electron chi connectivity index (χ3n) is 3.75. The average molecular weight is 235 g/mol. The summed E-state index contributed by atoms with van der Waals surface area (Å²) in [6.07, 6.45) is 7.09. The number of nitrogens with zero attached hydrogens (tertiary/aromatic N) is 2. The van der Waals surface area contributed by atoms with E-state index < -0.39 is 0 Å². The lowest BCUT2D eigenvalue weighted by Gasteiger charge is -2.15. The van der Waals surface area contributed by atoms with Crippen LogP contribution in [0.15, 0.2) is 6.20 Å². The molecule has 1 saturated carbocycles. The minimum absolute atomic E-state index is 0.588. The van der Waals surface area contributed by atoms with E-state index in [0.717, 1.165) is 25.4 Å². The molecule has 2 rings (SSSR count). The first-order valence-corrected chi connectivity index (χ1v) is 7.03. The van der Waals surface area contributed by atoms with Crippen molar-refractivity contribution >= 4 is 0 Å². The summed E-state index contributed by atoms with van der Waals surface area (Å²) >= 11 is 0. The maximum atomic E-state index is 4.60. The van der Waals surface area contributed by atoms with Crippen LogP contribution >= 0.6 is 0 Å². The molecular weight excluding hydrogens is 210 g/mol. The van der Waals surface area contributed by atoms with Crippen LogP contribution in [0.5, 0.6) is 0 Å². The molecule has 1 aliphatic carbocycles. The van der Waals surface area contributed by atoms with E-state index in [4.69, 9.17) is 0 Å². The van der Waals surface area contributed by atoms with Crippen LogP contribution in [0.25, 0.3) is 0 Å². The van der Waals surface area contributed by atoms with Crippen molar-refractivity contribution in [3.63, 3.8) is 0 Å². The number of rotatable bonds is 7. The smallest absolute Gasteiger partial charge is 0.0537 e. The largest absolute Gasteiger partial charge is 0.313 e. The average Bonchev–Trinajstić information content (AvgIpc) is 3.10. The zero-order valence-corrected chi connectivity index (χ0v) is 11.4. The zero-order chi connectivity index (χ0) is 12.3. The molecule has 1 N–H and O–H groups in total. The Bertz CT molecular complexity index is 352. The lowest BCUT2D eigenvalue weighted by molar-refractivity contribution is 0.425. The van der Waals surface area contributed by atoms with Gasteiger partial charge in [-0.2, -0.15) is 5.10 Å². The van der Waals surface area contributed by atoms with Gasteiger partial charge in [0, 0.05) is 17.8 Å². The quantitative estimate of drug-likeness (QED) is 0.736. The van der Waals surface area contributed by atoms with Gasteiger partial charge in [-0.05, 0) is 45.1 Å². The van der Waals surface area contributed by atoms with Gasteiger partial charge in [0.2, 0.25) is 0 Å². The second-order valence-corrected chi connectivity index (χ2v) is 5.17. The Labute approximate surface area is 105 Å². The lowest BCUT2D eigenvalue weighted by atomic mass is 10.1. The molecule has 0 spiro atoms. The molecule has 1 heterocycles. The Morgan fingerprint density at radius 2 is 2.24 bits per heavy atom. The second kappa shape index (κ2) is 5.67. The highest BCUT2D eigenvalue weighted by Gasteiger charge is 2.30. The standard InChI is InChI=1S/C14H25N3/c1-4-8-15-9-13-10-16-17(14(13)5-2)11(3)12-6-7-12/h10-12,15H,4-9H2,1-3H3. The van der Waals surface area contributed by atoms with E-state index in [9.17, 15) is 0 Å². The summed E-state index contributed by atoms with van der Waals surface area (Å²) < 4.78 is 2.26. The monoisotopic (exact) mass is 235 g/mol. The SMILES string of the molecule is CCCNCc1cnn(C(C)C2CC2)c1CC. The highest BCUT2D eigenvalue weighted by molar-refractivity contribution is 5.18. The lowest BCUT2D eigenvalue weighted by Crippen LogP contribution is -2.16. The molecular formula is C14H25N3. The van der Waals surface area contributed by atoms with E-state index in [1.165, 1.54) is 30.5 Å². The fraction of sp³-hybridized carbons (Fsp3) is 0.786. The van der Waals surface area contributed by atoms with Crippen molar-refractivity contribution in [3.05, 3.63) is 17.5 Å². The predicted octanol–water partition coefficient (Wildman–Crippen LogP) is 2.92. The molecule has 1 atom stereocenters. The van der Waals surface area contributed by atoms with E-state index >= 15 is 0 Å². The molecule has 17 heavy (non-hydrogen) atoms. The van der Waals surface area contributed by atoms with Crippen LogP contribution in [0.1, 0.15) is 57.3 Å². The first-order chi connectivity index (χ1) is 8.27. The molecule has 0 aliphatic heterocycles. The van der Waals surface area contributed by atoms with Crippen molar-refractivity contribution in [1.82, 2.24) is 15.1 Å². The molecule has 0 aromatic carbocycles. The van der Waals surface area contributed by atoms with Crippen LogP contribution in [-0.2, 0) is 13.0 Å². The van der Waals surface area contributed by atoms with Gasteiger partial charge in [0.25, 0.3) is 0 Å². The van der Waals surface area contributed by atoms with Crippen molar-refractivity contribution < 1.29 is 0 Å². The Morgan fingerprint density at radius 3 is 2.82 bits per heavy atom. The Balaban J connectivity index is 2.06. The van der Waals surface area contributed by atoms with E-state index in [0.29, 0.717) is 6.04 Å². The summed E-state index contributed by atoms with van der Waals surface area (Å²) in [6.45, 7) is 8.80. The van der Waals surface area contributed by atoms with Crippen molar-refractivity contribution in [2.24, 2.45) is 5.92 Å². The summed E-state index contributed by atoms with van der Waals surface area (Å²) in [6, 6.07) is 0.588. The number of hydrogen-bond acceptors (Lipinski definition) is 2. The minimum atomic E-state index is 0.588. The van der Waals surface area contributed by atoms with Crippen LogP contribution < -0.4 is 5.32 Å². The topological polar surface area (TPSA) is 29.9 Å². The Hall–Kier alpha value is -0.830. The summed E-state index contributed by atoms with van der Waals surface area (Å²) in [5, 5.41) is 8.07. The summed E-state index contributed by atoms with van der Waals surface area (Å²) in [7, 11) is 0. The molecule has 0 saturated heterocycles. The summed E-state index contributed by atoms with van der Waals surface area (Å²) in [4.78, 5) is 0. The van der Waals surface area contributed by atoms with Gasteiger partial charge in [-0.3, -0.25) is 4.68 Å². The van der Waals surface area contributed by atoms with E-state index in [1.807, 2.05) is 0 Å². The predicted molar refractivity (Wildman–Crippen MR) is 71.0 cm³/mol. The molecule has 0 bridgehead atoms. The van der Waals surface area contributed by atoms with Crippen LogP contribution in [0.2, 0.25) is 0 Å². The van der Waals surface area contributed by atoms with Gasteiger partial charge in [0.1, 0.15) is 0 Å².